The topological polar surface area (TPSA) is 85.4 Å². The highest BCUT2D eigenvalue weighted by Crippen LogP contribution is 2.24. The molecule has 1 aromatic carbocycles. The minimum Gasteiger partial charge on any atom is -0.379 e. The monoisotopic (exact) mass is 383 g/mol. The van der Waals surface area contributed by atoms with Crippen molar-refractivity contribution in [2.24, 2.45) is 0 Å². The molecule has 1 aliphatic rings. The van der Waals surface area contributed by atoms with Gasteiger partial charge in [0.05, 0.1) is 0 Å². The zero-order valence-corrected chi connectivity index (χ0v) is 16.6. The highest BCUT2D eigenvalue weighted by Gasteiger charge is 2.41. The zero-order valence-electron chi connectivity index (χ0n) is 16.6. The Hall–Kier alpha value is -2.44. The van der Waals surface area contributed by atoms with E-state index in [0.29, 0.717) is 37.5 Å². The largest absolute Gasteiger partial charge is 0.379 e. The molecule has 1 unspecified atom stereocenters. The maximum Gasteiger partial charge on any atom is 0.256 e. The zero-order chi connectivity index (χ0) is 20.1. The molecule has 28 heavy (non-hydrogen) atoms. The summed E-state index contributed by atoms with van der Waals surface area (Å²) >= 11 is 0. The summed E-state index contributed by atoms with van der Waals surface area (Å²) in [6, 6.07) is 11.8. The molecule has 1 aromatic heterocycles. The van der Waals surface area contributed by atoms with Gasteiger partial charge >= 0.3 is 0 Å². The summed E-state index contributed by atoms with van der Waals surface area (Å²) in [5.41, 5.74) is 1.31. The molecular weight excluding hydrogens is 354 g/mol. The van der Waals surface area contributed by atoms with E-state index in [9.17, 15) is 14.7 Å². The third-order valence-corrected chi connectivity index (χ3v) is 5.36. The molecule has 1 aliphatic heterocycles. The van der Waals surface area contributed by atoms with Crippen molar-refractivity contribution in [2.75, 3.05) is 13.1 Å². The van der Waals surface area contributed by atoms with Gasteiger partial charge in [-0.25, -0.2) is 0 Å². The number of carbonyl (C=O) groups is 1. The van der Waals surface area contributed by atoms with Gasteiger partial charge in [-0.15, -0.1) is 0 Å². The quantitative estimate of drug-likeness (QED) is 0.684. The van der Waals surface area contributed by atoms with Crippen LogP contribution in [0.4, 0.5) is 0 Å². The van der Waals surface area contributed by atoms with Crippen molar-refractivity contribution in [2.45, 2.75) is 51.3 Å². The molecule has 6 nitrogen and oxygen atoms in total. The summed E-state index contributed by atoms with van der Waals surface area (Å²) in [5, 5.41) is 14.0. The third kappa shape index (κ3) is 4.69. The number of pyridine rings is 1. The van der Waals surface area contributed by atoms with Crippen molar-refractivity contribution in [3.8, 4) is 0 Å². The number of nitrogens with zero attached hydrogens (tertiary/aromatic N) is 1. The van der Waals surface area contributed by atoms with Crippen molar-refractivity contribution in [1.82, 2.24) is 15.2 Å². The van der Waals surface area contributed by atoms with Gasteiger partial charge in [0.1, 0.15) is 0 Å². The van der Waals surface area contributed by atoms with E-state index in [1.165, 1.54) is 5.56 Å². The second kappa shape index (κ2) is 8.71. The number of aromatic nitrogens is 1. The molecule has 6 heteroatoms. The first kappa shape index (κ1) is 20.3. The number of aromatic amines is 1. The number of hydrogen-bond acceptors (Lipinski definition) is 4. The Bertz CT molecular complexity index is 860. The lowest BCUT2D eigenvalue weighted by Crippen LogP contribution is -2.57. The Morgan fingerprint density at radius 2 is 1.96 bits per heavy atom. The average Bonchev–Trinajstić information content (AvgIpc) is 2.68. The molecule has 0 spiro atoms. The van der Waals surface area contributed by atoms with E-state index < -0.39 is 5.60 Å². The molecule has 1 fully saturated rings. The number of likely N-dealkylation sites (tertiary alicyclic amines) is 1. The molecule has 1 amide bonds. The summed E-state index contributed by atoms with van der Waals surface area (Å²) in [4.78, 5) is 29.0. The van der Waals surface area contributed by atoms with Crippen LogP contribution in [0.5, 0.6) is 0 Å². The van der Waals surface area contributed by atoms with Crippen molar-refractivity contribution in [3.63, 3.8) is 0 Å². The lowest BCUT2D eigenvalue weighted by molar-refractivity contribution is -0.157. The fourth-order valence-corrected chi connectivity index (χ4v) is 3.61. The van der Waals surface area contributed by atoms with Crippen LogP contribution in [0.2, 0.25) is 0 Å². The van der Waals surface area contributed by atoms with Crippen molar-refractivity contribution in [1.29, 1.82) is 0 Å². The normalized spacial score (nSPS) is 20.0. The molecule has 150 valence electrons. The number of amides is 1. The van der Waals surface area contributed by atoms with Gasteiger partial charge in [-0.1, -0.05) is 44.2 Å². The van der Waals surface area contributed by atoms with Gasteiger partial charge in [-0.05, 0) is 36.0 Å². The summed E-state index contributed by atoms with van der Waals surface area (Å²) in [7, 11) is 0. The summed E-state index contributed by atoms with van der Waals surface area (Å²) in [6.45, 7) is 5.88. The van der Waals surface area contributed by atoms with E-state index in [-0.39, 0.29) is 18.0 Å². The lowest BCUT2D eigenvalue weighted by Gasteiger charge is -2.38. The van der Waals surface area contributed by atoms with Gasteiger partial charge in [0.25, 0.3) is 11.5 Å². The number of aliphatic hydroxyl groups is 1. The fourth-order valence-electron chi connectivity index (χ4n) is 3.61. The Kier molecular flexibility index (Phi) is 6.31. The standard InChI is InChI=1S/C22H29N3O3/c1-16(2)18-8-6-17(7-9-18)14-25-12-4-10-22(28,21(25)27)15-23-13-19-5-3-11-24-20(19)26/h3,5-9,11,16,23,28H,4,10,12-15H2,1-2H3,(H,24,26). The summed E-state index contributed by atoms with van der Waals surface area (Å²) in [6.07, 6.45) is 2.75. The first-order valence-electron chi connectivity index (χ1n) is 9.87. The van der Waals surface area contributed by atoms with Gasteiger partial charge in [0.2, 0.25) is 0 Å². The van der Waals surface area contributed by atoms with Gasteiger partial charge in [-0.3, -0.25) is 9.59 Å². The molecule has 2 aromatic rings. The SMILES string of the molecule is CC(C)c1ccc(CN2CCCC(O)(CNCc3ccc[nH]c3=O)C2=O)cc1. The summed E-state index contributed by atoms with van der Waals surface area (Å²) < 4.78 is 0. The highest BCUT2D eigenvalue weighted by atomic mass is 16.3. The van der Waals surface area contributed by atoms with E-state index >= 15 is 0 Å². The highest BCUT2D eigenvalue weighted by molar-refractivity contribution is 5.86. The molecule has 0 radical (unpaired) electrons. The smallest absolute Gasteiger partial charge is 0.256 e. The Balaban J connectivity index is 1.60. The van der Waals surface area contributed by atoms with E-state index in [2.05, 4.69) is 48.4 Å². The number of piperidine rings is 1. The molecule has 2 heterocycles. The van der Waals surface area contributed by atoms with Crippen LogP contribution >= 0.6 is 0 Å². The van der Waals surface area contributed by atoms with Gasteiger partial charge in [0, 0.05) is 37.9 Å². The molecule has 3 N–H and O–H groups in total. The van der Waals surface area contributed by atoms with Crippen LogP contribution in [0.15, 0.2) is 47.4 Å². The molecule has 1 atom stereocenters. The number of nitrogens with one attached hydrogen (secondary N) is 2. The van der Waals surface area contributed by atoms with Gasteiger partial charge in [0.15, 0.2) is 5.60 Å². The number of H-pyrrole nitrogens is 1. The number of hydrogen-bond donors (Lipinski definition) is 3. The first-order valence-corrected chi connectivity index (χ1v) is 9.87. The Morgan fingerprint density at radius 3 is 2.64 bits per heavy atom. The predicted molar refractivity (Wildman–Crippen MR) is 109 cm³/mol. The van der Waals surface area contributed by atoms with Gasteiger partial charge in [-0.2, -0.15) is 0 Å². The van der Waals surface area contributed by atoms with Crippen LogP contribution < -0.4 is 10.9 Å². The second-order valence-corrected chi connectivity index (χ2v) is 7.89. The molecule has 0 bridgehead atoms. The van der Waals surface area contributed by atoms with Crippen LogP contribution in [0.1, 0.15) is 49.3 Å². The van der Waals surface area contributed by atoms with Crippen LogP contribution in [0.25, 0.3) is 0 Å². The van der Waals surface area contributed by atoms with Crippen molar-refractivity contribution < 1.29 is 9.90 Å². The maximum absolute atomic E-state index is 12.9. The van der Waals surface area contributed by atoms with E-state index in [1.54, 1.807) is 23.2 Å². The van der Waals surface area contributed by atoms with E-state index in [4.69, 9.17) is 0 Å². The first-order chi connectivity index (χ1) is 13.4. The number of rotatable bonds is 7. The number of carbonyl (C=O) groups excluding carboxylic acids is 1. The van der Waals surface area contributed by atoms with E-state index in [1.807, 2.05) is 0 Å². The number of benzene rings is 1. The molecule has 0 aliphatic carbocycles. The van der Waals surface area contributed by atoms with Crippen LogP contribution in [0, 0.1) is 0 Å². The minimum absolute atomic E-state index is 0.128. The summed E-state index contributed by atoms with van der Waals surface area (Å²) in [5.74, 6) is 0.222. The molecular formula is C22H29N3O3. The fraction of sp³-hybridized carbons (Fsp3) is 0.455. The molecule has 3 rings (SSSR count). The molecule has 0 saturated carbocycles. The van der Waals surface area contributed by atoms with Crippen LogP contribution in [-0.2, 0) is 17.9 Å². The van der Waals surface area contributed by atoms with Crippen LogP contribution in [-0.4, -0.2) is 39.6 Å². The van der Waals surface area contributed by atoms with Crippen molar-refractivity contribution in [3.05, 3.63) is 69.6 Å². The maximum atomic E-state index is 12.9. The predicted octanol–water partition coefficient (Wildman–Crippen LogP) is 2.14. The van der Waals surface area contributed by atoms with Gasteiger partial charge < -0.3 is 20.3 Å². The van der Waals surface area contributed by atoms with Crippen LogP contribution in [0.3, 0.4) is 0 Å². The Morgan fingerprint density at radius 1 is 1.21 bits per heavy atom. The minimum atomic E-state index is -1.43. The Labute approximate surface area is 165 Å². The lowest BCUT2D eigenvalue weighted by atomic mass is 9.91. The molecule has 1 saturated heterocycles. The second-order valence-electron chi connectivity index (χ2n) is 7.89. The average molecular weight is 383 g/mol. The third-order valence-electron chi connectivity index (χ3n) is 5.36. The van der Waals surface area contributed by atoms with Crippen molar-refractivity contribution >= 4 is 5.91 Å². The van der Waals surface area contributed by atoms with E-state index in [0.717, 1.165) is 12.0 Å².